The second-order valence-corrected chi connectivity index (χ2v) is 11.2. The van der Waals surface area contributed by atoms with Crippen LogP contribution in [0, 0.1) is 22.5 Å². The number of hydrogen-bond acceptors (Lipinski definition) is 4. The van der Waals surface area contributed by atoms with Crippen molar-refractivity contribution < 1.29 is 9.44 Å². The van der Waals surface area contributed by atoms with Crippen molar-refractivity contribution in [2.75, 3.05) is 37.6 Å². The van der Waals surface area contributed by atoms with Crippen LogP contribution in [0.5, 0.6) is 0 Å². The molecule has 7 heteroatoms. The lowest BCUT2D eigenvalue weighted by Gasteiger charge is -2.48. The first-order valence-corrected chi connectivity index (χ1v) is 14.0. The van der Waals surface area contributed by atoms with Gasteiger partial charge in [-0.25, -0.2) is 4.79 Å². The third kappa shape index (κ3) is 4.99. The number of amides is 1. The van der Waals surface area contributed by atoms with Crippen molar-refractivity contribution in [2.45, 2.75) is 59.3 Å². The molecule has 2 atom stereocenters. The minimum absolute atomic E-state index is 0.134. The summed E-state index contributed by atoms with van der Waals surface area (Å²) in [5.41, 5.74) is 5.98. The van der Waals surface area contributed by atoms with Crippen LogP contribution in [0.4, 0.5) is 10.5 Å². The molecule has 4 aliphatic rings. The van der Waals surface area contributed by atoms with Gasteiger partial charge in [0, 0.05) is 55.6 Å². The average Bonchev–Trinajstić information content (AvgIpc) is 3.33. The molecular weight excluding hydrogens is 462 g/mol. The highest BCUT2D eigenvalue weighted by molar-refractivity contribution is 5.77. The highest BCUT2D eigenvalue weighted by Crippen LogP contribution is 2.42. The van der Waals surface area contributed by atoms with Gasteiger partial charge in [-0.1, -0.05) is 32.1 Å². The minimum Gasteiger partial charge on any atom is -0.628 e. The zero-order chi connectivity index (χ0) is 26.2. The number of likely N-dealkylation sites (N-methyl/N-ethyl adjacent to an activating group) is 1. The number of carbonyl (C=O) groups is 1. The summed E-state index contributed by atoms with van der Waals surface area (Å²) in [5.74, 6) is 0.690. The summed E-state index contributed by atoms with van der Waals surface area (Å²) in [6, 6.07) is 3.61. The van der Waals surface area contributed by atoms with E-state index in [2.05, 4.69) is 43.1 Å². The van der Waals surface area contributed by atoms with E-state index in [0.717, 1.165) is 50.0 Å². The van der Waals surface area contributed by atoms with Crippen molar-refractivity contribution in [1.82, 2.24) is 9.47 Å². The Hall–Kier alpha value is -2.90. The molecule has 0 aromatic carbocycles. The molecule has 1 fully saturated rings. The zero-order valence-electron chi connectivity index (χ0n) is 22.6. The summed E-state index contributed by atoms with van der Waals surface area (Å²) < 4.78 is 1.32. The quantitative estimate of drug-likeness (QED) is 0.416. The van der Waals surface area contributed by atoms with Crippen LogP contribution in [0.1, 0.15) is 59.3 Å². The molecule has 198 valence electrons. The van der Waals surface area contributed by atoms with Crippen LogP contribution < -0.4 is 10.4 Å². The lowest BCUT2D eigenvalue weighted by atomic mass is 9.90. The van der Waals surface area contributed by atoms with Crippen LogP contribution in [0.3, 0.4) is 0 Å². The van der Waals surface area contributed by atoms with Gasteiger partial charge in [0.2, 0.25) is 0 Å². The third-order valence-corrected chi connectivity index (χ3v) is 8.66. The van der Waals surface area contributed by atoms with Gasteiger partial charge in [0.15, 0.2) is 0 Å². The third-order valence-electron chi connectivity index (χ3n) is 8.66. The maximum atomic E-state index is 13.5. The maximum absolute atomic E-state index is 13.5. The highest BCUT2D eigenvalue weighted by Gasteiger charge is 2.36. The second-order valence-electron chi connectivity index (χ2n) is 11.2. The Morgan fingerprint density at radius 3 is 2.70 bits per heavy atom. The molecule has 3 heterocycles. The molecular formula is C30H41N5O2. The molecule has 2 aliphatic heterocycles. The summed E-state index contributed by atoms with van der Waals surface area (Å²) in [5, 5.41) is 22.2. The van der Waals surface area contributed by atoms with Crippen molar-refractivity contribution in [2.24, 2.45) is 11.8 Å². The second kappa shape index (κ2) is 10.5. The molecule has 7 nitrogen and oxygen atoms in total. The Morgan fingerprint density at radius 1 is 1.22 bits per heavy atom. The van der Waals surface area contributed by atoms with E-state index in [-0.39, 0.29) is 22.1 Å². The summed E-state index contributed by atoms with van der Waals surface area (Å²) in [7, 11) is 0. The van der Waals surface area contributed by atoms with Crippen molar-refractivity contribution in [3.05, 3.63) is 75.9 Å². The number of rotatable bonds is 5. The lowest BCUT2D eigenvalue weighted by Crippen LogP contribution is -2.46. The lowest BCUT2D eigenvalue weighted by molar-refractivity contribution is -0.849. The van der Waals surface area contributed by atoms with E-state index in [1.54, 1.807) is 6.20 Å². The average molecular weight is 504 g/mol. The molecule has 1 saturated heterocycles. The molecule has 1 N–H and O–H groups in total. The Kier molecular flexibility index (Phi) is 7.28. The predicted octanol–water partition coefficient (Wildman–Crippen LogP) is 5.67. The Balaban J connectivity index is 1.36. The van der Waals surface area contributed by atoms with Crippen molar-refractivity contribution in [1.29, 1.82) is 5.41 Å². The number of carbonyl (C=O) groups excluding carboxylic acids is 1. The SMILES string of the molecule is CCN(CC1=CC=CCC1C)C(=O)n1ccc(N2CCC3=C2C(C)CC([N+]2([O-])CCCCC2)=C3)cc1=N. The van der Waals surface area contributed by atoms with Crippen LogP contribution in [0.15, 0.2) is 65.2 Å². The van der Waals surface area contributed by atoms with Crippen molar-refractivity contribution in [3.8, 4) is 0 Å². The molecule has 1 aromatic heterocycles. The fraction of sp³-hybridized carbons (Fsp3) is 0.533. The molecule has 0 bridgehead atoms. The van der Waals surface area contributed by atoms with Gasteiger partial charge in [-0.15, -0.1) is 0 Å². The highest BCUT2D eigenvalue weighted by atomic mass is 16.5. The van der Waals surface area contributed by atoms with Gasteiger partial charge in [0.25, 0.3) is 0 Å². The van der Waals surface area contributed by atoms with Gasteiger partial charge in [-0.3, -0.25) is 9.98 Å². The molecule has 1 amide bonds. The van der Waals surface area contributed by atoms with Gasteiger partial charge in [-0.05, 0) is 68.2 Å². The van der Waals surface area contributed by atoms with E-state index in [1.165, 1.54) is 27.8 Å². The van der Waals surface area contributed by atoms with Gasteiger partial charge in [-0.2, -0.15) is 0 Å². The number of nitrogens with one attached hydrogen (secondary N) is 1. The fourth-order valence-corrected chi connectivity index (χ4v) is 6.43. The number of quaternary nitrogens is 1. The number of aromatic nitrogens is 1. The van der Waals surface area contributed by atoms with Gasteiger partial charge >= 0.3 is 6.03 Å². The number of allylic oxidation sites excluding steroid dienone is 6. The predicted molar refractivity (Wildman–Crippen MR) is 147 cm³/mol. The van der Waals surface area contributed by atoms with E-state index >= 15 is 0 Å². The molecule has 5 rings (SSSR count). The number of hydrogen-bond donors (Lipinski definition) is 1. The Morgan fingerprint density at radius 2 is 2.00 bits per heavy atom. The number of likely N-dealkylation sites (tertiary alicyclic amines) is 1. The van der Waals surface area contributed by atoms with Gasteiger partial charge in [0.1, 0.15) is 11.2 Å². The molecule has 2 aliphatic carbocycles. The summed E-state index contributed by atoms with van der Waals surface area (Å²) in [6.45, 7) is 9.85. The topological polar surface area (TPSA) is 75.4 Å². The summed E-state index contributed by atoms with van der Waals surface area (Å²) in [4.78, 5) is 17.5. The van der Waals surface area contributed by atoms with E-state index in [0.29, 0.717) is 32.1 Å². The maximum Gasteiger partial charge on any atom is 0.330 e. The van der Waals surface area contributed by atoms with Gasteiger partial charge < -0.3 is 19.7 Å². The van der Waals surface area contributed by atoms with Crippen molar-refractivity contribution in [3.63, 3.8) is 0 Å². The smallest absolute Gasteiger partial charge is 0.330 e. The first-order valence-electron chi connectivity index (χ1n) is 14.0. The van der Waals surface area contributed by atoms with Crippen LogP contribution in [0.2, 0.25) is 0 Å². The first-order chi connectivity index (χ1) is 17.8. The van der Waals surface area contributed by atoms with E-state index in [9.17, 15) is 10.0 Å². The Labute approximate surface area is 220 Å². The first kappa shape index (κ1) is 25.7. The van der Waals surface area contributed by atoms with E-state index in [1.807, 2.05) is 24.0 Å². The summed E-state index contributed by atoms with van der Waals surface area (Å²) in [6.07, 6.45) is 16.2. The zero-order valence-corrected chi connectivity index (χ0v) is 22.6. The fourth-order valence-electron chi connectivity index (χ4n) is 6.43. The molecule has 37 heavy (non-hydrogen) atoms. The number of anilines is 1. The van der Waals surface area contributed by atoms with E-state index < -0.39 is 0 Å². The van der Waals surface area contributed by atoms with Crippen molar-refractivity contribution >= 4 is 11.7 Å². The molecule has 0 saturated carbocycles. The largest absolute Gasteiger partial charge is 0.628 e. The Bertz CT molecular complexity index is 1230. The number of nitrogens with zero attached hydrogens (tertiary/aromatic N) is 4. The molecule has 0 radical (unpaired) electrons. The van der Waals surface area contributed by atoms with Crippen LogP contribution in [0.25, 0.3) is 0 Å². The molecule has 1 aromatic rings. The van der Waals surface area contributed by atoms with Crippen LogP contribution >= 0.6 is 0 Å². The molecule has 0 spiro atoms. The number of piperidine rings is 1. The van der Waals surface area contributed by atoms with E-state index in [4.69, 9.17) is 5.41 Å². The number of hydroxylamine groups is 3. The molecule has 2 unspecified atom stereocenters. The summed E-state index contributed by atoms with van der Waals surface area (Å²) >= 11 is 0. The minimum atomic E-state index is -0.160. The standard InChI is InChI=1S/C30H41N5O2/c1-4-32(21-25-11-7-6-10-22(25)2)30(36)34-15-13-26(20-28(34)31)33-14-12-24-19-27(18-23(3)29(24)33)35(37)16-8-5-9-17-35/h6-7,11,13,15,19-20,22-23,31H,4-5,8-10,12,14,16-18,21H2,1-3H3. The normalized spacial score (nSPS) is 25.0. The van der Waals surface area contributed by atoms with Crippen LogP contribution in [-0.2, 0) is 0 Å². The monoisotopic (exact) mass is 503 g/mol. The van der Waals surface area contributed by atoms with Gasteiger partial charge in [0.05, 0.1) is 13.1 Å². The van der Waals surface area contributed by atoms with Crippen LogP contribution in [-0.4, -0.2) is 52.9 Å². The number of pyridine rings is 1.